The molecule has 0 spiro atoms. The molecule has 2 rings (SSSR count). The van der Waals surface area contributed by atoms with Crippen LogP contribution in [0.4, 0.5) is 0 Å². The number of amides is 9. The molecule has 0 aromatic carbocycles. The summed E-state index contributed by atoms with van der Waals surface area (Å²) in [5.41, 5.74) is 27.5. The Balaban J connectivity index is 2.61. The van der Waals surface area contributed by atoms with Crippen molar-refractivity contribution in [3.8, 4) is 0 Å². The molecule has 372 valence electrons. The van der Waals surface area contributed by atoms with Crippen LogP contribution in [0, 0.1) is 5.92 Å². The average Bonchev–Trinajstić information content (AvgIpc) is 3.74. The van der Waals surface area contributed by atoms with E-state index < -0.39 is 102 Å². The first kappa shape index (κ1) is 56.9. The fourth-order valence-corrected chi connectivity index (χ4v) is 9.70. The van der Waals surface area contributed by atoms with Gasteiger partial charge in [0.15, 0.2) is 11.9 Å². The number of carbonyl (C=O) groups excluding carboxylic acids is 9. The number of nitrogens with one attached hydrogen (secondary N) is 7. The van der Waals surface area contributed by atoms with Crippen LogP contribution < -0.4 is 65.9 Å². The normalized spacial score (nSPS) is 24.7. The molecule has 27 heteroatoms. The van der Waals surface area contributed by atoms with Gasteiger partial charge in [-0.25, -0.2) is 0 Å². The van der Waals surface area contributed by atoms with E-state index in [9.17, 15) is 43.2 Å². The molecule has 0 unspecified atom stereocenters. The summed E-state index contributed by atoms with van der Waals surface area (Å²) in [6.45, 7) is 4.82. The van der Waals surface area contributed by atoms with Crippen LogP contribution in [0.2, 0.25) is 0 Å². The summed E-state index contributed by atoms with van der Waals surface area (Å²) in [5.74, 6) is -6.24. The van der Waals surface area contributed by atoms with Gasteiger partial charge in [-0.05, 0) is 75.7 Å². The summed E-state index contributed by atoms with van der Waals surface area (Å²) in [6, 6.07) is -8.08. The van der Waals surface area contributed by atoms with Crippen molar-refractivity contribution in [3.63, 3.8) is 0 Å². The molecule has 0 aromatic rings. The zero-order valence-electron chi connectivity index (χ0n) is 38.1. The second-order valence-electron chi connectivity index (χ2n) is 16.2. The zero-order chi connectivity index (χ0) is 49.3. The lowest BCUT2D eigenvalue weighted by Crippen LogP contribution is -2.59. The summed E-state index contributed by atoms with van der Waals surface area (Å²) in [5, 5.41) is 18.6. The van der Waals surface area contributed by atoms with E-state index >= 15 is 0 Å². The van der Waals surface area contributed by atoms with Gasteiger partial charge < -0.3 is 70.8 Å². The third-order valence-corrected chi connectivity index (χ3v) is 13.2. The van der Waals surface area contributed by atoms with Crippen molar-refractivity contribution in [1.29, 1.82) is 0 Å². The number of hydrogen-bond donors (Lipinski definition) is 12. The molecule has 2 fully saturated rings. The standard InChI is InChI=1S/C39H69N15O9S3/c1-21(2)17-26-34(60)50-23(9-5-6-13-45-38(41)42)32(58)47-18-30(56)49-27(31(40)57)19-65-66-20-28(48-22(3)55)35(61)52-25(12-16-64-4)37(63)54-15-8-11-29(54)36(62)51-24(33(59)53-26)10-7-14-46-39(43)44/h21,23-29H,5-20H2,1-4H3,(H2,40,57)(H,47,58)(H,48,55)(H,49,56)(H,50,60)(H,51,62)(H,52,61)(H,53,59)(H4,41,42,45)(H4,43,44,46)/t23-,24-,25-,26-,27-,28+,29-/m0/s1. The van der Waals surface area contributed by atoms with E-state index in [1.165, 1.54) is 23.6 Å². The summed E-state index contributed by atoms with van der Waals surface area (Å²) in [4.78, 5) is 131. The van der Waals surface area contributed by atoms with Crippen molar-refractivity contribution in [1.82, 2.24) is 42.1 Å². The van der Waals surface area contributed by atoms with Gasteiger partial charge in [-0.1, -0.05) is 35.4 Å². The third kappa shape index (κ3) is 21.4. The fraction of sp³-hybridized carbons (Fsp3) is 0.718. The van der Waals surface area contributed by atoms with E-state index in [-0.39, 0.29) is 87.5 Å². The maximum Gasteiger partial charge on any atom is 0.245 e. The van der Waals surface area contributed by atoms with Crippen LogP contribution in [0.5, 0.6) is 0 Å². The van der Waals surface area contributed by atoms with Gasteiger partial charge in [0.25, 0.3) is 0 Å². The summed E-state index contributed by atoms with van der Waals surface area (Å²) in [6.07, 6.45) is 3.97. The lowest BCUT2D eigenvalue weighted by atomic mass is 10.0. The minimum Gasteiger partial charge on any atom is -0.370 e. The predicted octanol–water partition coefficient (Wildman–Crippen LogP) is -3.80. The van der Waals surface area contributed by atoms with Gasteiger partial charge in [0.2, 0.25) is 53.2 Å². The van der Waals surface area contributed by atoms with E-state index in [2.05, 4.69) is 47.2 Å². The number of hydrogen-bond acceptors (Lipinski definition) is 14. The highest BCUT2D eigenvalue weighted by Crippen LogP contribution is 2.24. The number of primary amides is 1. The highest BCUT2D eigenvalue weighted by molar-refractivity contribution is 8.76. The predicted molar refractivity (Wildman–Crippen MR) is 256 cm³/mol. The second kappa shape index (κ2) is 30.2. The highest BCUT2D eigenvalue weighted by atomic mass is 33.1. The number of guanidine groups is 2. The SMILES string of the molecule is CSCC[C@@H]1NC(=O)[C@H](NC(C)=O)CSSC[C@@H](C(N)=O)NC(=O)CNC(=O)[C@H](CCCCN=C(N)N)NC(=O)[C@H](CC(C)C)NC(=O)[C@H](CCCN=C(N)N)NC(=O)[C@@H]2CCCN2C1=O. The Labute approximate surface area is 397 Å². The van der Waals surface area contributed by atoms with E-state index in [0.717, 1.165) is 21.6 Å². The van der Waals surface area contributed by atoms with E-state index in [1.54, 1.807) is 0 Å². The van der Waals surface area contributed by atoms with Gasteiger partial charge in [0.05, 0.1) is 6.54 Å². The molecule has 24 nitrogen and oxygen atoms in total. The number of nitrogens with two attached hydrogens (primary N) is 5. The lowest BCUT2D eigenvalue weighted by Gasteiger charge is -2.31. The number of fused-ring (bicyclic) bond motifs is 1. The molecule has 9 amide bonds. The number of thioether (sulfide) groups is 1. The van der Waals surface area contributed by atoms with Crippen molar-refractivity contribution in [2.24, 2.45) is 44.6 Å². The fourth-order valence-electron chi connectivity index (χ4n) is 6.89. The first-order valence-corrected chi connectivity index (χ1v) is 25.6. The number of nitrogens with zero attached hydrogens (tertiary/aromatic N) is 3. The van der Waals surface area contributed by atoms with E-state index in [1.807, 2.05) is 20.1 Å². The Bertz CT molecular complexity index is 1750. The van der Waals surface area contributed by atoms with Gasteiger partial charge in [0.1, 0.15) is 42.3 Å². The lowest BCUT2D eigenvalue weighted by molar-refractivity contribution is -0.142. The molecule has 2 aliphatic heterocycles. The Morgan fingerprint density at radius 2 is 1.32 bits per heavy atom. The molecule has 17 N–H and O–H groups in total. The largest absolute Gasteiger partial charge is 0.370 e. The highest BCUT2D eigenvalue weighted by Gasteiger charge is 2.40. The van der Waals surface area contributed by atoms with Crippen LogP contribution in [-0.2, 0) is 43.2 Å². The molecule has 2 aliphatic rings. The number of rotatable bonds is 16. The maximum atomic E-state index is 14.3. The van der Waals surface area contributed by atoms with Crippen molar-refractivity contribution in [3.05, 3.63) is 0 Å². The molecular weight excluding hydrogens is 919 g/mol. The number of aliphatic imine (C=N–C) groups is 2. The Morgan fingerprint density at radius 1 is 0.742 bits per heavy atom. The first-order valence-electron chi connectivity index (χ1n) is 21.7. The molecule has 2 saturated heterocycles. The van der Waals surface area contributed by atoms with Crippen molar-refractivity contribution in [2.45, 2.75) is 121 Å². The van der Waals surface area contributed by atoms with E-state index in [0.29, 0.717) is 25.0 Å². The van der Waals surface area contributed by atoms with Gasteiger partial charge in [0, 0.05) is 38.1 Å². The summed E-state index contributed by atoms with van der Waals surface area (Å²) < 4.78 is 0. The van der Waals surface area contributed by atoms with Gasteiger partial charge in [-0.15, -0.1) is 0 Å². The average molecular weight is 988 g/mol. The first-order chi connectivity index (χ1) is 31.2. The molecule has 0 aromatic heterocycles. The van der Waals surface area contributed by atoms with Crippen LogP contribution in [-0.4, -0.2) is 162 Å². The monoisotopic (exact) mass is 987 g/mol. The van der Waals surface area contributed by atoms with Crippen molar-refractivity contribution in [2.75, 3.05) is 49.7 Å². The van der Waals surface area contributed by atoms with Crippen LogP contribution in [0.1, 0.15) is 78.6 Å². The molecular formula is C39H69N15O9S3. The number of unbranched alkanes of at least 4 members (excludes halogenated alkanes) is 1. The van der Waals surface area contributed by atoms with Crippen LogP contribution in [0.3, 0.4) is 0 Å². The Hall–Kier alpha value is -5.18. The van der Waals surface area contributed by atoms with Crippen LogP contribution in [0.15, 0.2) is 9.98 Å². The van der Waals surface area contributed by atoms with Crippen molar-refractivity contribution >= 4 is 98.4 Å². The molecule has 2 heterocycles. The Morgan fingerprint density at radius 3 is 1.94 bits per heavy atom. The van der Waals surface area contributed by atoms with Crippen LogP contribution in [0.25, 0.3) is 0 Å². The van der Waals surface area contributed by atoms with Crippen LogP contribution >= 0.6 is 33.3 Å². The second-order valence-corrected chi connectivity index (χ2v) is 19.7. The van der Waals surface area contributed by atoms with Gasteiger partial charge in [-0.2, -0.15) is 11.8 Å². The summed E-state index contributed by atoms with van der Waals surface area (Å²) >= 11 is 1.44. The molecule has 0 saturated carbocycles. The minimum absolute atomic E-state index is 0.0204. The Kier molecular flexibility index (Phi) is 26.0. The van der Waals surface area contributed by atoms with Crippen molar-refractivity contribution < 1.29 is 43.2 Å². The zero-order valence-corrected chi connectivity index (χ0v) is 40.5. The molecule has 0 bridgehead atoms. The summed E-state index contributed by atoms with van der Waals surface area (Å²) in [7, 11) is 2.18. The maximum absolute atomic E-state index is 14.3. The van der Waals surface area contributed by atoms with Gasteiger partial charge in [-0.3, -0.25) is 53.1 Å². The molecule has 0 aliphatic carbocycles. The smallest absolute Gasteiger partial charge is 0.245 e. The topological polar surface area (TPSA) is 396 Å². The number of carbonyl (C=O) groups is 9. The van der Waals surface area contributed by atoms with E-state index in [4.69, 9.17) is 28.7 Å². The molecule has 0 radical (unpaired) electrons. The quantitative estimate of drug-likeness (QED) is 0.0305. The third-order valence-electron chi connectivity index (χ3n) is 10.2. The molecule has 66 heavy (non-hydrogen) atoms. The minimum atomic E-state index is -1.23. The molecule has 7 atom stereocenters. The van der Waals surface area contributed by atoms with Gasteiger partial charge >= 0.3 is 0 Å².